The van der Waals surface area contributed by atoms with Gasteiger partial charge >= 0.3 is 0 Å². The van der Waals surface area contributed by atoms with Crippen molar-refractivity contribution in [2.75, 3.05) is 10.6 Å². The number of hydrogen-bond donors (Lipinski definition) is 2. The van der Waals surface area contributed by atoms with Gasteiger partial charge in [-0.25, -0.2) is 0 Å². The molecule has 0 spiro atoms. The first-order chi connectivity index (χ1) is 11.7. The second kappa shape index (κ2) is 8.24. The number of para-hydroxylation sites is 1. The molecule has 0 bridgehead atoms. The van der Waals surface area contributed by atoms with E-state index in [-0.39, 0.29) is 5.91 Å². The summed E-state index contributed by atoms with van der Waals surface area (Å²) in [4.78, 5) is 12.3. The molecule has 1 amide bonds. The fourth-order valence-corrected chi connectivity index (χ4v) is 3.30. The molecule has 0 atom stereocenters. The first kappa shape index (κ1) is 16.9. The SMILES string of the molecule is O=C(Nc1ccccc1Br)c1ccc(NC2CCCCCC2)nn1. The van der Waals surface area contributed by atoms with Crippen LogP contribution in [0.2, 0.25) is 0 Å². The summed E-state index contributed by atoms with van der Waals surface area (Å²) < 4.78 is 0.831. The Balaban J connectivity index is 1.61. The van der Waals surface area contributed by atoms with Gasteiger partial charge in [-0.2, -0.15) is 0 Å². The summed E-state index contributed by atoms with van der Waals surface area (Å²) >= 11 is 3.41. The van der Waals surface area contributed by atoms with Crippen LogP contribution in [-0.2, 0) is 0 Å². The van der Waals surface area contributed by atoms with Gasteiger partial charge in [-0.1, -0.05) is 37.8 Å². The molecule has 1 aliphatic carbocycles. The molecule has 2 aromatic rings. The quantitative estimate of drug-likeness (QED) is 0.749. The van der Waals surface area contributed by atoms with Crippen molar-refractivity contribution >= 4 is 33.3 Å². The summed E-state index contributed by atoms with van der Waals surface area (Å²) in [6.07, 6.45) is 7.50. The van der Waals surface area contributed by atoms with Crippen LogP contribution >= 0.6 is 15.9 Å². The van der Waals surface area contributed by atoms with Gasteiger partial charge in [-0.3, -0.25) is 4.79 Å². The molecule has 24 heavy (non-hydrogen) atoms. The third-order valence-corrected chi connectivity index (χ3v) is 4.92. The Morgan fingerprint density at radius 3 is 2.42 bits per heavy atom. The number of rotatable bonds is 4. The van der Waals surface area contributed by atoms with Gasteiger partial charge in [0.05, 0.1) is 5.69 Å². The van der Waals surface area contributed by atoms with Crippen LogP contribution < -0.4 is 10.6 Å². The first-order valence-corrected chi connectivity index (χ1v) is 9.18. The maximum Gasteiger partial charge on any atom is 0.276 e. The van der Waals surface area contributed by atoms with E-state index in [0.717, 1.165) is 10.3 Å². The minimum atomic E-state index is -0.268. The van der Waals surface area contributed by atoms with Crippen molar-refractivity contribution < 1.29 is 4.79 Å². The Morgan fingerprint density at radius 1 is 1.00 bits per heavy atom. The van der Waals surface area contributed by atoms with Crippen LogP contribution in [0.3, 0.4) is 0 Å². The molecular formula is C18H21BrN4O. The van der Waals surface area contributed by atoms with E-state index in [9.17, 15) is 4.79 Å². The number of hydrogen-bond acceptors (Lipinski definition) is 4. The summed E-state index contributed by atoms with van der Waals surface area (Å²) in [7, 11) is 0. The van der Waals surface area contributed by atoms with Crippen molar-refractivity contribution in [2.45, 2.75) is 44.6 Å². The average molecular weight is 389 g/mol. The molecule has 0 saturated heterocycles. The standard InChI is InChI=1S/C18H21BrN4O/c19-14-9-5-6-10-15(14)21-18(24)16-11-12-17(23-22-16)20-13-7-3-1-2-4-8-13/h5-6,9-13H,1-4,7-8H2,(H,20,23)(H,21,24). The van der Waals surface area contributed by atoms with Gasteiger partial charge in [0.2, 0.25) is 0 Å². The molecule has 0 radical (unpaired) electrons. The van der Waals surface area contributed by atoms with Crippen LogP contribution in [0.15, 0.2) is 40.9 Å². The minimum absolute atomic E-state index is 0.268. The zero-order valence-corrected chi connectivity index (χ0v) is 15.1. The Kier molecular flexibility index (Phi) is 5.80. The highest BCUT2D eigenvalue weighted by Gasteiger charge is 2.14. The Bertz CT molecular complexity index is 682. The summed E-state index contributed by atoms with van der Waals surface area (Å²) in [5.74, 6) is 0.467. The number of nitrogens with zero attached hydrogens (tertiary/aromatic N) is 2. The molecule has 126 valence electrons. The van der Waals surface area contributed by atoms with E-state index < -0.39 is 0 Å². The number of carbonyl (C=O) groups is 1. The van der Waals surface area contributed by atoms with Gasteiger partial charge in [0.1, 0.15) is 5.82 Å². The van der Waals surface area contributed by atoms with Crippen LogP contribution in [-0.4, -0.2) is 22.1 Å². The third kappa shape index (κ3) is 4.54. The van der Waals surface area contributed by atoms with Gasteiger partial charge in [-0.15, -0.1) is 10.2 Å². The largest absolute Gasteiger partial charge is 0.366 e. The first-order valence-electron chi connectivity index (χ1n) is 8.38. The van der Waals surface area contributed by atoms with Crippen molar-refractivity contribution in [1.82, 2.24) is 10.2 Å². The Morgan fingerprint density at radius 2 is 1.75 bits per heavy atom. The molecule has 6 heteroatoms. The van der Waals surface area contributed by atoms with Gasteiger partial charge in [0, 0.05) is 10.5 Å². The minimum Gasteiger partial charge on any atom is -0.366 e. The van der Waals surface area contributed by atoms with Crippen LogP contribution in [0.25, 0.3) is 0 Å². The number of nitrogens with one attached hydrogen (secondary N) is 2. The van der Waals surface area contributed by atoms with Gasteiger partial charge in [0.25, 0.3) is 5.91 Å². The second-order valence-corrected chi connectivity index (χ2v) is 6.92. The molecular weight excluding hydrogens is 368 g/mol. The van der Waals surface area contributed by atoms with Crippen molar-refractivity contribution in [3.8, 4) is 0 Å². The number of aromatic nitrogens is 2. The maximum atomic E-state index is 12.3. The summed E-state index contributed by atoms with van der Waals surface area (Å²) in [5.41, 5.74) is 1.02. The molecule has 1 aromatic carbocycles. The third-order valence-electron chi connectivity index (χ3n) is 4.23. The molecule has 0 unspecified atom stereocenters. The van der Waals surface area contributed by atoms with Gasteiger partial charge < -0.3 is 10.6 Å². The number of anilines is 2. The molecule has 2 N–H and O–H groups in total. The lowest BCUT2D eigenvalue weighted by Crippen LogP contribution is -2.20. The predicted molar refractivity (Wildman–Crippen MR) is 99.2 cm³/mol. The molecule has 0 aliphatic heterocycles. The number of benzene rings is 1. The fourth-order valence-electron chi connectivity index (χ4n) is 2.91. The van der Waals surface area contributed by atoms with E-state index in [1.54, 1.807) is 6.07 Å². The van der Waals surface area contributed by atoms with Crippen molar-refractivity contribution in [3.05, 3.63) is 46.6 Å². The van der Waals surface area contributed by atoms with Crippen LogP contribution in [0.1, 0.15) is 49.0 Å². The molecule has 1 heterocycles. The molecule has 1 aromatic heterocycles. The highest BCUT2D eigenvalue weighted by molar-refractivity contribution is 9.10. The second-order valence-electron chi connectivity index (χ2n) is 6.07. The zero-order chi connectivity index (χ0) is 16.8. The molecule has 3 rings (SSSR count). The molecule has 1 aliphatic rings. The molecule has 5 nitrogen and oxygen atoms in total. The van der Waals surface area contributed by atoms with Crippen molar-refractivity contribution in [3.63, 3.8) is 0 Å². The predicted octanol–water partition coefficient (Wildman–Crippen LogP) is 4.63. The fraction of sp³-hybridized carbons (Fsp3) is 0.389. The lowest BCUT2D eigenvalue weighted by atomic mass is 10.1. The van der Waals surface area contributed by atoms with Gasteiger partial charge in [-0.05, 0) is 53.0 Å². The van der Waals surface area contributed by atoms with E-state index in [1.807, 2.05) is 30.3 Å². The number of halogens is 1. The van der Waals surface area contributed by atoms with E-state index in [2.05, 4.69) is 36.8 Å². The summed E-state index contributed by atoms with van der Waals surface area (Å²) in [5, 5.41) is 14.5. The van der Waals surface area contributed by atoms with E-state index in [1.165, 1.54) is 38.5 Å². The Labute approximate surface area is 150 Å². The zero-order valence-electron chi connectivity index (χ0n) is 13.5. The lowest BCUT2D eigenvalue weighted by Gasteiger charge is -2.16. The van der Waals surface area contributed by atoms with Gasteiger partial charge in [0.15, 0.2) is 5.69 Å². The van der Waals surface area contributed by atoms with E-state index in [0.29, 0.717) is 17.4 Å². The maximum absolute atomic E-state index is 12.3. The van der Waals surface area contributed by atoms with Crippen LogP contribution in [0, 0.1) is 0 Å². The van der Waals surface area contributed by atoms with Crippen LogP contribution in [0.4, 0.5) is 11.5 Å². The molecule has 1 fully saturated rings. The number of carbonyl (C=O) groups excluding carboxylic acids is 1. The average Bonchev–Trinajstić information content (AvgIpc) is 2.86. The van der Waals surface area contributed by atoms with Crippen LogP contribution in [0.5, 0.6) is 0 Å². The Hall–Kier alpha value is -1.95. The summed E-state index contributed by atoms with van der Waals surface area (Å²) in [6, 6.07) is 11.5. The highest BCUT2D eigenvalue weighted by Crippen LogP contribution is 2.22. The molecule has 1 saturated carbocycles. The summed E-state index contributed by atoms with van der Waals surface area (Å²) in [6.45, 7) is 0. The lowest BCUT2D eigenvalue weighted by molar-refractivity contribution is 0.102. The van der Waals surface area contributed by atoms with E-state index in [4.69, 9.17) is 0 Å². The topological polar surface area (TPSA) is 66.9 Å². The monoisotopic (exact) mass is 388 g/mol. The smallest absolute Gasteiger partial charge is 0.276 e. The number of amides is 1. The highest BCUT2D eigenvalue weighted by atomic mass is 79.9. The van der Waals surface area contributed by atoms with Crippen molar-refractivity contribution in [2.24, 2.45) is 0 Å². The van der Waals surface area contributed by atoms with E-state index >= 15 is 0 Å². The van der Waals surface area contributed by atoms with Crippen molar-refractivity contribution in [1.29, 1.82) is 0 Å². The normalized spacial score (nSPS) is 15.5.